The average Bonchev–Trinajstić information content (AvgIpc) is 2.55. The number of benzene rings is 1. The van der Waals surface area contributed by atoms with Crippen LogP contribution in [0.2, 0.25) is 0 Å². The van der Waals surface area contributed by atoms with Gasteiger partial charge < -0.3 is 5.11 Å². The highest BCUT2D eigenvalue weighted by atomic mass is 19.4. The number of alkyl halides is 12. The van der Waals surface area contributed by atoms with E-state index < -0.39 is 82.8 Å². The van der Waals surface area contributed by atoms with E-state index in [4.69, 9.17) is 0 Å². The van der Waals surface area contributed by atoms with Gasteiger partial charge in [0.15, 0.2) is 0 Å². The molecule has 31 heavy (non-hydrogen) atoms. The number of hydrogen-bond acceptors (Lipinski definition) is 3. The molecule has 0 spiro atoms. The summed E-state index contributed by atoms with van der Waals surface area (Å²) < 4.78 is 154. The largest absolute Gasteiger partial charge is 0.507 e. The molecule has 0 saturated carbocycles. The average molecular weight is 473 g/mol. The number of allylic oxidation sites excluding steroid dienone is 1. The van der Waals surface area contributed by atoms with Crippen molar-refractivity contribution in [3.8, 4) is 0 Å². The molecule has 0 unspecified atom stereocenters. The summed E-state index contributed by atoms with van der Waals surface area (Å²) in [5.41, 5.74) is -10.2. The van der Waals surface area contributed by atoms with Gasteiger partial charge in [-0.15, -0.1) is 0 Å². The predicted octanol–water partition coefficient (Wildman–Crippen LogP) is 6.25. The Labute approximate surface area is 163 Å². The van der Waals surface area contributed by atoms with Crippen LogP contribution in [0.5, 0.6) is 0 Å². The number of aliphatic hydroxyl groups is 1. The van der Waals surface area contributed by atoms with E-state index in [1.807, 2.05) is 0 Å². The van der Waals surface area contributed by atoms with Crippen LogP contribution in [0, 0.1) is 0 Å². The summed E-state index contributed by atoms with van der Waals surface area (Å²) in [7, 11) is 0. The lowest BCUT2D eigenvalue weighted by Gasteiger charge is -2.23. The van der Waals surface area contributed by atoms with Crippen LogP contribution in [-0.4, -0.2) is 35.1 Å². The summed E-state index contributed by atoms with van der Waals surface area (Å²) in [5.74, 6) is -4.27. The smallest absolute Gasteiger partial charge is 0.454 e. The Kier molecular flexibility index (Phi) is 5.89. The number of carbonyl (C=O) groups excluding carboxylic acids is 1. The number of aliphatic hydroxyl groups excluding tert-OH is 1. The number of nitrogens with zero attached hydrogens (tertiary/aromatic N) is 1. The molecule has 0 fully saturated rings. The lowest BCUT2D eigenvalue weighted by atomic mass is 9.86. The molecule has 1 aromatic rings. The van der Waals surface area contributed by atoms with E-state index in [9.17, 15) is 62.6 Å². The van der Waals surface area contributed by atoms with Crippen molar-refractivity contribution in [1.29, 1.82) is 0 Å². The molecule has 1 aliphatic rings. The molecule has 0 heterocycles. The van der Waals surface area contributed by atoms with Crippen LogP contribution in [0.4, 0.5) is 58.4 Å². The maximum absolute atomic E-state index is 13.1. The van der Waals surface area contributed by atoms with Gasteiger partial charge in [-0.3, -0.25) is 4.79 Å². The van der Waals surface area contributed by atoms with E-state index in [1.54, 1.807) is 0 Å². The van der Waals surface area contributed by atoms with Gasteiger partial charge in [0.05, 0.1) is 11.3 Å². The minimum atomic E-state index is -6.14. The SMILES string of the molecule is O=C(C1=C(O)c2cc(C(F)(F)F)cc(N=C(C(F)(F)F)C(F)(F)F)c2CC1)C(F)(F)F. The topological polar surface area (TPSA) is 49.7 Å². The third-order valence-electron chi connectivity index (χ3n) is 4.02. The second-order valence-electron chi connectivity index (χ2n) is 6.13. The molecule has 2 rings (SSSR count). The lowest BCUT2D eigenvalue weighted by Crippen LogP contribution is -2.36. The molecule has 0 aliphatic heterocycles. The molecule has 1 N–H and O–H groups in total. The molecule has 0 aromatic heterocycles. The first-order valence-electron chi connectivity index (χ1n) is 7.75. The molecule has 0 radical (unpaired) electrons. The van der Waals surface area contributed by atoms with Crippen molar-refractivity contribution in [3.05, 3.63) is 34.4 Å². The van der Waals surface area contributed by atoms with E-state index in [1.165, 1.54) is 0 Å². The fourth-order valence-electron chi connectivity index (χ4n) is 2.73. The second kappa shape index (κ2) is 7.44. The van der Waals surface area contributed by atoms with Gasteiger partial charge in [0.1, 0.15) is 5.76 Å². The number of fused-ring (bicyclic) bond motifs is 1. The third-order valence-corrected chi connectivity index (χ3v) is 4.02. The van der Waals surface area contributed by atoms with Crippen molar-refractivity contribution in [3.63, 3.8) is 0 Å². The van der Waals surface area contributed by atoms with Gasteiger partial charge in [-0.05, 0) is 30.5 Å². The molecule has 15 heteroatoms. The Morgan fingerprint density at radius 1 is 0.806 bits per heavy atom. The fraction of sp³-hybridized carbons (Fsp3) is 0.375. The molecule has 0 amide bonds. The fourth-order valence-corrected chi connectivity index (χ4v) is 2.73. The standard InChI is InChI=1S/C16H7F12NO2/c17-13(18,19)5-3-8-6(1-2-7(10(8)30)11(31)14(20,21)22)9(4-5)29-12(15(23,24)25)16(26,27)28/h3-4,30H,1-2H2. The minimum Gasteiger partial charge on any atom is -0.507 e. The third kappa shape index (κ3) is 5.12. The first-order valence-corrected chi connectivity index (χ1v) is 7.75. The number of rotatable bonds is 2. The number of halogens is 12. The van der Waals surface area contributed by atoms with E-state index in [0.717, 1.165) is 0 Å². The number of carbonyl (C=O) groups is 1. The molecule has 0 saturated heterocycles. The molecule has 1 aliphatic carbocycles. The predicted molar refractivity (Wildman–Crippen MR) is 79.6 cm³/mol. The van der Waals surface area contributed by atoms with Gasteiger partial charge in [0, 0.05) is 11.1 Å². The summed E-state index contributed by atoms with van der Waals surface area (Å²) in [6, 6.07) is -0.159. The summed E-state index contributed by atoms with van der Waals surface area (Å²) in [5, 5.41) is 9.92. The van der Waals surface area contributed by atoms with Crippen LogP contribution in [0.25, 0.3) is 5.76 Å². The maximum atomic E-state index is 13.1. The molecule has 172 valence electrons. The maximum Gasteiger partial charge on any atom is 0.454 e. The van der Waals surface area contributed by atoms with Crippen LogP contribution in [-0.2, 0) is 17.4 Å². The van der Waals surface area contributed by atoms with Gasteiger partial charge in [0.25, 0.3) is 5.78 Å². The number of hydrogen-bond donors (Lipinski definition) is 1. The summed E-state index contributed by atoms with van der Waals surface area (Å²) in [4.78, 5) is 13.6. The van der Waals surface area contributed by atoms with Crippen LogP contribution in [0.15, 0.2) is 22.7 Å². The van der Waals surface area contributed by atoms with E-state index in [-0.39, 0.29) is 12.1 Å². The number of aliphatic imine (C=N–C) groups is 1. The highest BCUT2D eigenvalue weighted by Gasteiger charge is 2.53. The first-order chi connectivity index (χ1) is 13.7. The molecular weight excluding hydrogens is 466 g/mol. The Morgan fingerprint density at radius 3 is 1.74 bits per heavy atom. The first kappa shape index (κ1) is 24.5. The normalized spacial score (nSPS) is 15.6. The number of Topliss-reactive ketones (excluding diaryl/α,β-unsaturated/α-hetero) is 1. The Morgan fingerprint density at radius 2 is 1.32 bits per heavy atom. The Balaban J connectivity index is 2.87. The lowest BCUT2D eigenvalue weighted by molar-refractivity contribution is -0.166. The van der Waals surface area contributed by atoms with Crippen molar-refractivity contribution in [2.45, 2.75) is 37.5 Å². The van der Waals surface area contributed by atoms with Crippen molar-refractivity contribution >= 4 is 22.9 Å². The molecule has 0 atom stereocenters. The molecule has 0 bridgehead atoms. The monoisotopic (exact) mass is 473 g/mol. The van der Waals surface area contributed by atoms with Crippen molar-refractivity contribution in [2.24, 2.45) is 4.99 Å². The summed E-state index contributed by atoms with van der Waals surface area (Å²) in [6.07, 6.45) is -25.1. The van der Waals surface area contributed by atoms with Crippen LogP contribution in [0.1, 0.15) is 23.1 Å². The van der Waals surface area contributed by atoms with E-state index in [0.29, 0.717) is 0 Å². The molecular formula is C16H7F12NO2. The Hall–Kier alpha value is -2.74. The zero-order chi connectivity index (χ0) is 24.2. The summed E-state index contributed by atoms with van der Waals surface area (Å²) in [6.45, 7) is 0. The van der Waals surface area contributed by atoms with Crippen molar-refractivity contribution in [2.75, 3.05) is 0 Å². The van der Waals surface area contributed by atoms with Crippen molar-refractivity contribution < 1.29 is 62.6 Å². The van der Waals surface area contributed by atoms with Gasteiger partial charge in [-0.25, -0.2) is 4.99 Å². The highest BCUT2D eigenvalue weighted by Crippen LogP contribution is 2.43. The van der Waals surface area contributed by atoms with Gasteiger partial charge >= 0.3 is 24.7 Å². The number of ketones is 1. The van der Waals surface area contributed by atoms with Crippen molar-refractivity contribution in [1.82, 2.24) is 0 Å². The summed E-state index contributed by atoms with van der Waals surface area (Å²) >= 11 is 0. The second-order valence-corrected chi connectivity index (χ2v) is 6.13. The highest BCUT2D eigenvalue weighted by molar-refractivity contribution is 6.06. The van der Waals surface area contributed by atoms with E-state index >= 15 is 0 Å². The van der Waals surface area contributed by atoms with Gasteiger partial charge in [-0.1, -0.05) is 0 Å². The van der Waals surface area contributed by atoms with Gasteiger partial charge in [0.2, 0.25) is 5.71 Å². The minimum absolute atomic E-state index is 0.00729. The quantitative estimate of drug-likeness (QED) is 0.408. The zero-order valence-electron chi connectivity index (χ0n) is 14.4. The van der Waals surface area contributed by atoms with Crippen LogP contribution >= 0.6 is 0 Å². The van der Waals surface area contributed by atoms with Gasteiger partial charge in [-0.2, -0.15) is 52.7 Å². The molecule has 1 aromatic carbocycles. The van der Waals surface area contributed by atoms with Crippen LogP contribution < -0.4 is 0 Å². The van der Waals surface area contributed by atoms with E-state index in [2.05, 4.69) is 4.99 Å². The molecule has 3 nitrogen and oxygen atoms in total. The Bertz CT molecular complexity index is 945. The zero-order valence-corrected chi connectivity index (χ0v) is 14.4. The van der Waals surface area contributed by atoms with Crippen LogP contribution in [0.3, 0.4) is 0 Å².